The molecule has 0 spiro atoms. The molecule has 0 bridgehead atoms. The molecule has 3 aromatic rings. The number of hydrogen-bond donors (Lipinski definition) is 1. The van der Waals surface area contributed by atoms with E-state index in [4.69, 9.17) is 4.74 Å². The molecule has 0 unspecified atom stereocenters. The third kappa shape index (κ3) is 2.40. The standard InChI is InChI=1S/C16H12BrNO2/c17-15-13-6-2-1-4-11(13)7-8-14(15)20-16-12(10-19)5-3-9-18-16/h1-9,19H,10H2. The van der Waals surface area contributed by atoms with Gasteiger partial charge in [0.1, 0.15) is 5.75 Å². The predicted octanol–water partition coefficient (Wildman–Crippen LogP) is 4.28. The molecule has 0 saturated carbocycles. The largest absolute Gasteiger partial charge is 0.437 e. The summed E-state index contributed by atoms with van der Waals surface area (Å²) in [5.41, 5.74) is 0.660. The predicted molar refractivity (Wildman–Crippen MR) is 81.9 cm³/mol. The fourth-order valence-electron chi connectivity index (χ4n) is 2.03. The van der Waals surface area contributed by atoms with E-state index in [0.717, 1.165) is 15.2 Å². The lowest BCUT2D eigenvalue weighted by atomic mass is 10.1. The van der Waals surface area contributed by atoms with Gasteiger partial charge in [0, 0.05) is 11.8 Å². The molecule has 20 heavy (non-hydrogen) atoms. The maximum Gasteiger partial charge on any atom is 0.224 e. The maximum absolute atomic E-state index is 9.31. The van der Waals surface area contributed by atoms with Crippen LogP contribution >= 0.6 is 15.9 Å². The second kappa shape index (κ2) is 5.61. The number of aliphatic hydroxyl groups excluding tert-OH is 1. The minimum Gasteiger partial charge on any atom is -0.437 e. The highest BCUT2D eigenvalue weighted by molar-refractivity contribution is 9.10. The van der Waals surface area contributed by atoms with Gasteiger partial charge in [-0.25, -0.2) is 4.98 Å². The van der Waals surface area contributed by atoms with Crippen molar-refractivity contribution in [1.82, 2.24) is 4.98 Å². The summed E-state index contributed by atoms with van der Waals surface area (Å²) in [6.45, 7) is -0.103. The highest BCUT2D eigenvalue weighted by Gasteiger charge is 2.10. The van der Waals surface area contributed by atoms with Crippen LogP contribution in [-0.2, 0) is 6.61 Å². The van der Waals surface area contributed by atoms with Gasteiger partial charge in [-0.15, -0.1) is 0 Å². The molecule has 1 aromatic heterocycles. The fraction of sp³-hybridized carbons (Fsp3) is 0.0625. The Morgan fingerprint density at radius 1 is 1.05 bits per heavy atom. The van der Waals surface area contributed by atoms with Crippen LogP contribution in [0.25, 0.3) is 10.8 Å². The van der Waals surface area contributed by atoms with Crippen LogP contribution in [0.15, 0.2) is 59.2 Å². The third-order valence-electron chi connectivity index (χ3n) is 3.05. The summed E-state index contributed by atoms with van der Waals surface area (Å²) < 4.78 is 6.70. The number of halogens is 1. The Labute approximate surface area is 125 Å². The topological polar surface area (TPSA) is 42.4 Å². The van der Waals surface area contributed by atoms with Crippen LogP contribution in [0.1, 0.15) is 5.56 Å². The Bertz CT molecular complexity index is 758. The van der Waals surface area contributed by atoms with Gasteiger partial charge < -0.3 is 9.84 Å². The average Bonchev–Trinajstić information content (AvgIpc) is 2.51. The summed E-state index contributed by atoms with van der Waals surface area (Å²) in [5, 5.41) is 11.5. The Morgan fingerprint density at radius 3 is 2.75 bits per heavy atom. The van der Waals surface area contributed by atoms with Crippen LogP contribution in [0.2, 0.25) is 0 Å². The number of pyridine rings is 1. The quantitative estimate of drug-likeness (QED) is 0.779. The van der Waals surface area contributed by atoms with Gasteiger partial charge in [0.05, 0.1) is 11.1 Å². The number of fused-ring (bicyclic) bond motifs is 1. The molecule has 0 atom stereocenters. The van der Waals surface area contributed by atoms with Gasteiger partial charge >= 0.3 is 0 Å². The summed E-state index contributed by atoms with van der Waals surface area (Å²) in [4.78, 5) is 4.16. The van der Waals surface area contributed by atoms with Crippen molar-refractivity contribution in [3.05, 3.63) is 64.8 Å². The first-order valence-electron chi connectivity index (χ1n) is 6.19. The van der Waals surface area contributed by atoms with E-state index in [2.05, 4.69) is 20.9 Å². The van der Waals surface area contributed by atoms with E-state index in [0.29, 0.717) is 17.2 Å². The van der Waals surface area contributed by atoms with Crippen LogP contribution in [0.3, 0.4) is 0 Å². The summed E-state index contributed by atoms with van der Waals surface area (Å²) in [6.07, 6.45) is 1.64. The number of nitrogens with zero attached hydrogens (tertiary/aromatic N) is 1. The monoisotopic (exact) mass is 329 g/mol. The molecule has 4 heteroatoms. The van der Waals surface area contributed by atoms with Crippen molar-refractivity contribution in [2.75, 3.05) is 0 Å². The molecule has 0 saturated heterocycles. The SMILES string of the molecule is OCc1cccnc1Oc1ccc2ccccc2c1Br. The number of benzene rings is 2. The van der Waals surface area contributed by atoms with Gasteiger partial charge in [-0.2, -0.15) is 0 Å². The van der Waals surface area contributed by atoms with Crippen LogP contribution in [0, 0.1) is 0 Å². The van der Waals surface area contributed by atoms with E-state index in [-0.39, 0.29) is 6.61 Å². The normalized spacial score (nSPS) is 10.7. The third-order valence-corrected chi connectivity index (χ3v) is 3.87. The number of aromatic nitrogens is 1. The highest BCUT2D eigenvalue weighted by Crippen LogP contribution is 2.35. The van der Waals surface area contributed by atoms with E-state index in [1.54, 1.807) is 18.3 Å². The number of rotatable bonds is 3. The molecule has 0 aliphatic heterocycles. The van der Waals surface area contributed by atoms with Crippen LogP contribution < -0.4 is 4.74 Å². The van der Waals surface area contributed by atoms with Crippen molar-refractivity contribution in [2.45, 2.75) is 6.61 Å². The van der Waals surface area contributed by atoms with Crippen molar-refractivity contribution in [2.24, 2.45) is 0 Å². The van der Waals surface area contributed by atoms with Gasteiger partial charge in [0.2, 0.25) is 5.88 Å². The molecule has 1 heterocycles. The minimum atomic E-state index is -0.103. The van der Waals surface area contributed by atoms with E-state index >= 15 is 0 Å². The maximum atomic E-state index is 9.31. The van der Waals surface area contributed by atoms with Crippen LogP contribution in [0.4, 0.5) is 0 Å². The van der Waals surface area contributed by atoms with Crippen molar-refractivity contribution in [3.63, 3.8) is 0 Å². The Morgan fingerprint density at radius 2 is 1.90 bits per heavy atom. The summed E-state index contributed by atoms with van der Waals surface area (Å²) in [7, 11) is 0. The van der Waals surface area contributed by atoms with Crippen molar-refractivity contribution >= 4 is 26.7 Å². The molecule has 0 aliphatic carbocycles. The molecular weight excluding hydrogens is 318 g/mol. The Hall–Kier alpha value is -1.91. The second-order valence-electron chi connectivity index (χ2n) is 4.33. The first-order valence-corrected chi connectivity index (χ1v) is 6.99. The van der Waals surface area contributed by atoms with Crippen molar-refractivity contribution in [1.29, 1.82) is 0 Å². The van der Waals surface area contributed by atoms with Gasteiger partial charge in [0.15, 0.2) is 0 Å². The van der Waals surface area contributed by atoms with Gasteiger partial charge in [-0.05, 0) is 44.9 Å². The lowest BCUT2D eigenvalue weighted by Gasteiger charge is -2.11. The first kappa shape index (κ1) is 13.1. The molecule has 2 aromatic carbocycles. The zero-order valence-corrected chi connectivity index (χ0v) is 12.2. The smallest absolute Gasteiger partial charge is 0.224 e. The number of aliphatic hydroxyl groups is 1. The summed E-state index contributed by atoms with van der Waals surface area (Å²) >= 11 is 3.57. The lowest BCUT2D eigenvalue weighted by molar-refractivity contribution is 0.275. The van der Waals surface area contributed by atoms with Crippen molar-refractivity contribution < 1.29 is 9.84 Å². The average molecular weight is 330 g/mol. The first-order chi connectivity index (χ1) is 9.79. The Kier molecular flexibility index (Phi) is 3.67. The minimum absolute atomic E-state index is 0.103. The molecule has 0 radical (unpaired) electrons. The molecular formula is C16H12BrNO2. The summed E-state index contributed by atoms with van der Waals surface area (Å²) in [5.74, 6) is 1.10. The van der Waals surface area contributed by atoms with E-state index in [1.807, 2.05) is 36.4 Å². The molecule has 100 valence electrons. The van der Waals surface area contributed by atoms with E-state index in [1.165, 1.54) is 0 Å². The van der Waals surface area contributed by atoms with Gasteiger partial charge in [-0.1, -0.05) is 30.3 Å². The van der Waals surface area contributed by atoms with E-state index in [9.17, 15) is 5.11 Å². The molecule has 0 amide bonds. The molecule has 0 fully saturated rings. The lowest BCUT2D eigenvalue weighted by Crippen LogP contribution is -1.95. The van der Waals surface area contributed by atoms with E-state index < -0.39 is 0 Å². The number of hydrogen-bond acceptors (Lipinski definition) is 3. The van der Waals surface area contributed by atoms with Gasteiger partial charge in [-0.3, -0.25) is 0 Å². The van der Waals surface area contributed by atoms with Crippen LogP contribution in [-0.4, -0.2) is 10.1 Å². The zero-order chi connectivity index (χ0) is 13.9. The fourth-order valence-corrected chi connectivity index (χ4v) is 2.61. The Balaban J connectivity index is 2.05. The second-order valence-corrected chi connectivity index (χ2v) is 5.12. The molecule has 1 N–H and O–H groups in total. The summed E-state index contributed by atoms with van der Waals surface area (Å²) in [6, 6.07) is 15.5. The zero-order valence-electron chi connectivity index (χ0n) is 10.6. The number of ether oxygens (including phenoxy) is 1. The molecule has 3 rings (SSSR count). The van der Waals surface area contributed by atoms with Crippen molar-refractivity contribution in [3.8, 4) is 11.6 Å². The van der Waals surface area contributed by atoms with Crippen LogP contribution in [0.5, 0.6) is 11.6 Å². The highest BCUT2D eigenvalue weighted by atomic mass is 79.9. The molecule has 3 nitrogen and oxygen atoms in total. The molecule has 0 aliphatic rings. The van der Waals surface area contributed by atoms with Gasteiger partial charge in [0.25, 0.3) is 0 Å².